The smallest absolute Gasteiger partial charge is 0.118 e. The number of halogens is 1. The number of hydrogen-bond acceptors (Lipinski definition) is 3. The molecule has 2 aromatic rings. The summed E-state index contributed by atoms with van der Waals surface area (Å²) in [5.41, 5.74) is 1.07. The van der Waals surface area contributed by atoms with Gasteiger partial charge in [0.2, 0.25) is 0 Å². The minimum absolute atomic E-state index is 0.00647. The summed E-state index contributed by atoms with van der Waals surface area (Å²) < 4.78 is 17.6. The Morgan fingerprint density at radius 2 is 1.86 bits per heavy atom. The van der Waals surface area contributed by atoms with Crippen LogP contribution in [-0.2, 0) is 10.8 Å². The normalized spacial score (nSPS) is 13.7. The first kappa shape index (κ1) is 16.0. The van der Waals surface area contributed by atoms with Crippen LogP contribution >= 0.6 is 11.6 Å². The first-order valence-corrected chi connectivity index (χ1v) is 8.29. The summed E-state index contributed by atoms with van der Waals surface area (Å²) in [6.07, 6.45) is 0. The predicted octanol–water partition coefficient (Wildman–Crippen LogP) is 3.42. The van der Waals surface area contributed by atoms with E-state index >= 15 is 0 Å². The van der Waals surface area contributed by atoms with Crippen LogP contribution in [0.3, 0.4) is 0 Å². The Bertz CT molecular complexity index is 616. The maximum absolute atomic E-state index is 12.5. The molecular formula is C16H18ClNO2S. The van der Waals surface area contributed by atoms with Crippen molar-refractivity contribution in [3.63, 3.8) is 0 Å². The fraction of sp³-hybridized carbons (Fsp3) is 0.250. The molecule has 0 aromatic heterocycles. The zero-order valence-corrected chi connectivity index (χ0v) is 13.6. The minimum atomic E-state index is -1.16. The number of methoxy groups -OCH3 is 1. The van der Waals surface area contributed by atoms with Crippen LogP contribution < -0.4 is 10.1 Å². The van der Waals surface area contributed by atoms with Crippen LogP contribution in [0, 0.1) is 0 Å². The lowest BCUT2D eigenvalue weighted by Gasteiger charge is -2.17. The Labute approximate surface area is 132 Å². The van der Waals surface area contributed by atoms with Crippen LogP contribution in [0.2, 0.25) is 5.02 Å². The van der Waals surface area contributed by atoms with E-state index in [1.807, 2.05) is 43.4 Å². The number of hydrogen-bond donors (Lipinski definition) is 1. The molecule has 0 aliphatic heterocycles. The first-order valence-electron chi connectivity index (χ1n) is 6.60. The number of benzene rings is 2. The average molecular weight is 324 g/mol. The summed E-state index contributed by atoms with van der Waals surface area (Å²) in [5.74, 6) is 1.27. The molecule has 5 heteroatoms. The van der Waals surface area contributed by atoms with E-state index in [0.717, 1.165) is 11.3 Å². The maximum atomic E-state index is 12.5. The van der Waals surface area contributed by atoms with Crippen molar-refractivity contribution in [3.05, 3.63) is 59.1 Å². The summed E-state index contributed by atoms with van der Waals surface area (Å²) in [7, 11) is 2.34. The standard InChI is InChI=1S/C16H18ClNO2S/c1-18-15(12-7-9-13(20-2)10-8-12)11-21(19)16-6-4-3-5-14(16)17/h3-10,15,18H,11H2,1-2H3. The van der Waals surface area contributed by atoms with Crippen molar-refractivity contribution in [1.82, 2.24) is 5.32 Å². The molecule has 0 amide bonds. The SMILES string of the molecule is CNC(CS(=O)c1ccccc1Cl)c1ccc(OC)cc1. The topological polar surface area (TPSA) is 38.3 Å². The average Bonchev–Trinajstić information content (AvgIpc) is 2.53. The van der Waals surface area contributed by atoms with Crippen molar-refractivity contribution in [2.75, 3.05) is 19.9 Å². The zero-order valence-electron chi connectivity index (χ0n) is 12.0. The van der Waals surface area contributed by atoms with Gasteiger partial charge in [-0.25, -0.2) is 0 Å². The third-order valence-electron chi connectivity index (χ3n) is 3.27. The van der Waals surface area contributed by atoms with Crippen LogP contribution in [0.15, 0.2) is 53.4 Å². The molecule has 21 heavy (non-hydrogen) atoms. The molecule has 0 fully saturated rings. The summed E-state index contributed by atoms with van der Waals surface area (Å²) in [5, 5.41) is 3.74. The largest absolute Gasteiger partial charge is 0.497 e. The summed E-state index contributed by atoms with van der Waals surface area (Å²) in [4.78, 5) is 0.674. The van der Waals surface area contributed by atoms with Crippen LogP contribution in [0.4, 0.5) is 0 Å². The van der Waals surface area contributed by atoms with E-state index in [-0.39, 0.29) is 6.04 Å². The molecular weight excluding hydrogens is 306 g/mol. The van der Waals surface area contributed by atoms with Gasteiger partial charge in [-0.3, -0.25) is 4.21 Å². The van der Waals surface area contributed by atoms with Crippen LogP contribution in [0.5, 0.6) is 5.75 Å². The molecule has 0 bridgehead atoms. The van der Waals surface area contributed by atoms with Crippen molar-refractivity contribution in [1.29, 1.82) is 0 Å². The Morgan fingerprint density at radius 3 is 2.43 bits per heavy atom. The van der Waals surface area contributed by atoms with Gasteiger partial charge in [-0.2, -0.15) is 0 Å². The first-order chi connectivity index (χ1) is 10.2. The van der Waals surface area contributed by atoms with E-state index in [4.69, 9.17) is 16.3 Å². The van der Waals surface area contributed by atoms with Gasteiger partial charge in [0.25, 0.3) is 0 Å². The molecule has 0 aliphatic rings. The van der Waals surface area contributed by atoms with Crippen molar-refractivity contribution in [3.8, 4) is 5.75 Å². The van der Waals surface area contributed by atoms with E-state index < -0.39 is 10.8 Å². The second kappa shape index (κ2) is 7.59. The fourth-order valence-corrected chi connectivity index (χ4v) is 3.80. The summed E-state index contributed by atoms with van der Waals surface area (Å²) in [6, 6.07) is 15.0. The van der Waals surface area contributed by atoms with Crippen molar-refractivity contribution < 1.29 is 8.95 Å². The molecule has 0 aliphatic carbocycles. The highest BCUT2D eigenvalue weighted by molar-refractivity contribution is 7.85. The Hall–Kier alpha value is -1.36. The van der Waals surface area contributed by atoms with Gasteiger partial charge in [0, 0.05) is 11.8 Å². The monoisotopic (exact) mass is 323 g/mol. The van der Waals surface area contributed by atoms with Crippen molar-refractivity contribution in [2.45, 2.75) is 10.9 Å². The van der Waals surface area contributed by atoms with Gasteiger partial charge in [-0.1, -0.05) is 35.9 Å². The lowest BCUT2D eigenvalue weighted by molar-refractivity contribution is 0.414. The third kappa shape index (κ3) is 4.06. The van der Waals surface area contributed by atoms with E-state index in [9.17, 15) is 4.21 Å². The molecule has 0 heterocycles. The number of rotatable bonds is 6. The molecule has 112 valence electrons. The Balaban J connectivity index is 2.15. The molecule has 0 saturated carbocycles. The highest BCUT2D eigenvalue weighted by Crippen LogP contribution is 2.23. The lowest BCUT2D eigenvalue weighted by atomic mass is 10.1. The molecule has 1 N–H and O–H groups in total. The highest BCUT2D eigenvalue weighted by atomic mass is 35.5. The van der Waals surface area contributed by atoms with E-state index in [1.54, 1.807) is 19.2 Å². The molecule has 0 spiro atoms. The molecule has 2 rings (SSSR count). The van der Waals surface area contributed by atoms with Gasteiger partial charge in [0.1, 0.15) is 5.75 Å². The lowest BCUT2D eigenvalue weighted by Crippen LogP contribution is -2.22. The summed E-state index contributed by atoms with van der Waals surface area (Å²) in [6.45, 7) is 0. The highest BCUT2D eigenvalue weighted by Gasteiger charge is 2.16. The van der Waals surface area contributed by atoms with Gasteiger partial charge < -0.3 is 10.1 Å². The predicted molar refractivity (Wildman–Crippen MR) is 87.5 cm³/mol. The molecule has 0 radical (unpaired) electrons. The molecule has 2 aromatic carbocycles. The van der Waals surface area contributed by atoms with Gasteiger partial charge in [0.15, 0.2) is 0 Å². The second-order valence-electron chi connectivity index (χ2n) is 4.56. The van der Waals surface area contributed by atoms with Crippen molar-refractivity contribution >= 4 is 22.4 Å². The Morgan fingerprint density at radius 1 is 1.19 bits per heavy atom. The van der Waals surface area contributed by atoms with E-state index in [1.165, 1.54) is 0 Å². The van der Waals surface area contributed by atoms with Crippen LogP contribution in [0.1, 0.15) is 11.6 Å². The van der Waals surface area contributed by atoms with E-state index in [2.05, 4.69) is 5.32 Å². The molecule has 2 atom stereocenters. The summed E-state index contributed by atoms with van der Waals surface area (Å²) >= 11 is 6.10. The Kier molecular flexibility index (Phi) is 5.79. The zero-order chi connectivity index (χ0) is 15.2. The van der Waals surface area contributed by atoms with Gasteiger partial charge in [-0.05, 0) is 36.9 Å². The molecule has 2 unspecified atom stereocenters. The van der Waals surface area contributed by atoms with E-state index in [0.29, 0.717) is 15.7 Å². The van der Waals surface area contributed by atoms with Gasteiger partial charge in [0.05, 0.1) is 27.8 Å². The number of nitrogens with one attached hydrogen (secondary N) is 1. The fourth-order valence-electron chi connectivity index (χ4n) is 2.05. The van der Waals surface area contributed by atoms with Gasteiger partial charge >= 0.3 is 0 Å². The second-order valence-corrected chi connectivity index (χ2v) is 6.43. The minimum Gasteiger partial charge on any atom is -0.497 e. The third-order valence-corrected chi connectivity index (χ3v) is 5.19. The molecule has 0 saturated heterocycles. The maximum Gasteiger partial charge on any atom is 0.118 e. The quantitative estimate of drug-likeness (QED) is 0.885. The number of ether oxygens (including phenoxy) is 1. The molecule has 3 nitrogen and oxygen atoms in total. The van der Waals surface area contributed by atoms with Crippen molar-refractivity contribution in [2.24, 2.45) is 0 Å². The van der Waals surface area contributed by atoms with Crippen LogP contribution in [0.25, 0.3) is 0 Å². The van der Waals surface area contributed by atoms with Gasteiger partial charge in [-0.15, -0.1) is 0 Å². The van der Waals surface area contributed by atoms with Crippen LogP contribution in [-0.4, -0.2) is 24.1 Å².